The highest BCUT2D eigenvalue weighted by Gasteiger charge is 2.52. The van der Waals surface area contributed by atoms with Crippen molar-refractivity contribution < 1.29 is 5.11 Å². The van der Waals surface area contributed by atoms with Crippen LogP contribution < -0.4 is 0 Å². The van der Waals surface area contributed by atoms with Crippen molar-refractivity contribution in [3.05, 3.63) is 11.6 Å². The topological polar surface area (TPSA) is 20.2 Å². The number of allylic oxidation sites excluding steroid dienone is 2. The van der Waals surface area contributed by atoms with Gasteiger partial charge < -0.3 is 5.11 Å². The molecule has 3 rings (SSSR count). The first-order valence-corrected chi connectivity index (χ1v) is 4.46. The van der Waals surface area contributed by atoms with E-state index in [9.17, 15) is 5.11 Å². The van der Waals surface area contributed by atoms with Gasteiger partial charge in [0, 0.05) is 12.0 Å². The Morgan fingerprint density at radius 3 is 2.82 bits per heavy atom. The second-order valence-electron chi connectivity index (χ2n) is 4.33. The molecule has 2 bridgehead atoms. The van der Waals surface area contributed by atoms with Crippen molar-refractivity contribution in [3.8, 4) is 0 Å². The molecule has 11 heavy (non-hydrogen) atoms. The van der Waals surface area contributed by atoms with Crippen molar-refractivity contribution in [2.75, 3.05) is 6.61 Å². The molecule has 0 aliphatic heterocycles. The molecule has 3 aliphatic rings. The summed E-state index contributed by atoms with van der Waals surface area (Å²) in [5.74, 6) is 1.45. The molecule has 0 radical (unpaired) electrons. The molecule has 0 aromatic rings. The van der Waals surface area contributed by atoms with E-state index in [2.05, 4.69) is 19.9 Å². The van der Waals surface area contributed by atoms with E-state index in [4.69, 9.17) is 0 Å². The van der Waals surface area contributed by atoms with Crippen LogP contribution in [0.15, 0.2) is 11.6 Å². The Kier molecular flexibility index (Phi) is 1.40. The Morgan fingerprint density at radius 2 is 2.45 bits per heavy atom. The lowest BCUT2D eigenvalue weighted by Crippen LogP contribution is -2.52. The minimum atomic E-state index is 0.235. The van der Waals surface area contributed by atoms with Crippen molar-refractivity contribution >= 4 is 0 Å². The maximum atomic E-state index is 9.24. The molecule has 3 atom stereocenters. The lowest BCUT2D eigenvalue weighted by molar-refractivity contribution is -0.0677. The van der Waals surface area contributed by atoms with Gasteiger partial charge in [-0.2, -0.15) is 0 Å². The van der Waals surface area contributed by atoms with Gasteiger partial charge in [-0.1, -0.05) is 18.6 Å². The van der Waals surface area contributed by atoms with Crippen LogP contribution in [0.1, 0.15) is 26.7 Å². The number of aliphatic hydroxyl groups is 1. The van der Waals surface area contributed by atoms with Gasteiger partial charge >= 0.3 is 0 Å². The van der Waals surface area contributed by atoms with Crippen LogP contribution in [-0.2, 0) is 0 Å². The van der Waals surface area contributed by atoms with Gasteiger partial charge in [0.1, 0.15) is 0 Å². The van der Waals surface area contributed by atoms with Gasteiger partial charge in [-0.15, -0.1) is 0 Å². The minimum absolute atomic E-state index is 0.235. The third-order valence-electron chi connectivity index (χ3n) is 3.86. The molecular formula is C10H16O. The standard InChI is InChI=1S/C10H16O/c1-7-3-4-8-5-9(7)10(8,2)6-11/h3,8-9,11H,4-6H2,1-2H3/t8-,9-,10-/m0/s1. The largest absolute Gasteiger partial charge is 0.396 e. The van der Waals surface area contributed by atoms with Gasteiger partial charge in [0.15, 0.2) is 0 Å². The van der Waals surface area contributed by atoms with E-state index in [0.717, 1.165) is 5.92 Å². The third kappa shape index (κ3) is 0.750. The molecule has 1 fully saturated rings. The molecule has 3 aliphatic carbocycles. The predicted molar refractivity (Wildman–Crippen MR) is 45.2 cm³/mol. The summed E-state index contributed by atoms with van der Waals surface area (Å²) in [6.07, 6.45) is 4.86. The van der Waals surface area contributed by atoms with Crippen LogP contribution in [0.25, 0.3) is 0 Å². The van der Waals surface area contributed by atoms with Crippen LogP contribution in [0.3, 0.4) is 0 Å². The molecule has 62 valence electrons. The number of hydrogen-bond donors (Lipinski definition) is 1. The molecule has 0 spiro atoms. The summed E-state index contributed by atoms with van der Waals surface area (Å²) >= 11 is 0. The summed E-state index contributed by atoms with van der Waals surface area (Å²) in [4.78, 5) is 0. The van der Waals surface area contributed by atoms with Crippen LogP contribution in [0.5, 0.6) is 0 Å². The average Bonchev–Trinajstić information content (AvgIpc) is 2.02. The number of fused-ring (bicyclic) bond motifs is 1. The molecule has 1 N–H and O–H groups in total. The first kappa shape index (κ1) is 7.35. The molecule has 1 nitrogen and oxygen atoms in total. The maximum Gasteiger partial charge on any atom is 0.0493 e. The molecule has 0 aromatic carbocycles. The number of aliphatic hydroxyl groups excluding tert-OH is 1. The molecule has 0 heterocycles. The monoisotopic (exact) mass is 152 g/mol. The molecule has 0 aromatic heterocycles. The van der Waals surface area contributed by atoms with Crippen molar-refractivity contribution in [1.82, 2.24) is 0 Å². The second kappa shape index (κ2) is 2.10. The van der Waals surface area contributed by atoms with Crippen molar-refractivity contribution in [3.63, 3.8) is 0 Å². The van der Waals surface area contributed by atoms with Crippen LogP contribution in [0.4, 0.5) is 0 Å². The van der Waals surface area contributed by atoms with Gasteiger partial charge in [-0.3, -0.25) is 0 Å². The zero-order valence-electron chi connectivity index (χ0n) is 7.30. The lowest BCUT2D eigenvalue weighted by Gasteiger charge is -2.57. The molecule has 0 unspecified atom stereocenters. The smallest absolute Gasteiger partial charge is 0.0493 e. The molecule has 0 amide bonds. The summed E-state index contributed by atoms with van der Waals surface area (Å²) < 4.78 is 0. The summed E-state index contributed by atoms with van der Waals surface area (Å²) in [5, 5.41) is 9.24. The lowest BCUT2D eigenvalue weighted by atomic mass is 9.48. The molecular weight excluding hydrogens is 136 g/mol. The summed E-state index contributed by atoms with van der Waals surface area (Å²) in [5.41, 5.74) is 1.74. The van der Waals surface area contributed by atoms with Crippen molar-refractivity contribution in [1.29, 1.82) is 0 Å². The van der Waals surface area contributed by atoms with Gasteiger partial charge in [-0.05, 0) is 31.6 Å². The van der Waals surface area contributed by atoms with Crippen LogP contribution >= 0.6 is 0 Å². The Balaban J connectivity index is 2.26. The Morgan fingerprint density at radius 1 is 1.73 bits per heavy atom. The van der Waals surface area contributed by atoms with Crippen LogP contribution in [0, 0.1) is 17.3 Å². The quantitative estimate of drug-likeness (QED) is 0.569. The van der Waals surface area contributed by atoms with E-state index in [1.54, 1.807) is 0 Å². The van der Waals surface area contributed by atoms with E-state index in [1.807, 2.05) is 0 Å². The first-order chi connectivity index (χ1) is 5.18. The minimum Gasteiger partial charge on any atom is -0.396 e. The van der Waals surface area contributed by atoms with Crippen molar-refractivity contribution in [2.24, 2.45) is 17.3 Å². The molecule has 1 heteroatoms. The zero-order valence-corrected chi connectivity index (χ0v) is 7.30. The average molecular weight is 152 g/mol. The number of rotatable bonds is 1. The van der Waals surface area contributed by atoms with E-state index >= 15 is 0 Å². The fraction of sp³-hybridized carbons (Fsp3) is 0.800. The Labute approximate surface area is 68.1 Å². The van der Waals surface area contributed by atoms with Gasteiger partial charge in [0.05, 0.1) is 0 Å². The van der Waals surface area contributed by atoms with Gasteiger partial charge in [0.25, 0.3) is 0 Å². The van der Waals surface area contributed by atoms with Gasteiger partial charge in [0.2, 0.25) is 0 Å². The van der Waals surface area contributed by atoms with Crippen LogP contribution in [0.2, 0.25) is 0 Å². The van der Waals surface area contributed by atoms with E-state index < -0.39 is 0 Å². The number of hydrogen-bond acceptors (Lipinski definition) is 1. The predicted octanol–water partition coefficient (Wildman–Crippen LogP) is 1.97. The highest BCUT2D eigenvalue weighted by Crippen LogP contribution is 2.58. The van der Waals surface area contributed by atoms with Crippen LogP contribution in [-0.4, -0.2) is 11.7 Å². The fourth-order valence-corrected chi connectivity index (χ4v) is 2.73. The Bertz CT molecular complexity index is 207. The normalized spacial score (nSPS) is 48.1. The SMILES string of the molecule is CC1=CC[C@H]2C[C@@H]1[C@@]2(C)CO. The summed E-state index contributed by atoms with van der Waals surface area (Å²) in [6, 6.07) is 0. The van der Waals surface area contributed by atoms with E-state index in [-0.39, 0.29) is 5.41 Å². The van der Waals surface area contributed by atoms with Crippen molar-refractivity contribution in [2.45, 2.75) is 26.7 Å². The highest BCUT2D eigenvalue weighted by molar-refractivity contribution is 5.22. The molecule has 0 saturated heterocycles. The fourth-order valence-electron chi connectivity index (χ4n) is 2.73. The summed E-state index contributed by atoms with van der Waals surface area (Å²) in [6.45, 7) is 4.80. The zero-order chi connectivity index (χ0) is 8.06. The second-order valence-corrected chi connectivity index (χ2v) is 4.33. The third-order valence-corrected chi connectivity index (χ3v) is 3.86. The highest BCUT2D eigenvalue weighted by atomic mass is 16.3. The maximum absolute atomic E-state index is 9.24. The van der Waals surface area contributed by atoms with E-state index in [0.29, 0.717) is 12.5 Å². The van der Waals surface area contributed by atoms with E-state index in [1.165, 1.54) is 18.4 Å². The Hall–Kier alpha value is -0.300. The molecule has 1 saturated carbocycles. The summed E-state index contributed by atoms with van der Waals surface area (Å²) in [7, 11) is 0. The first-order valence-electron chi connectivity index (χ1n) is 4.46. The van der Waals surface area contributed by atoms with Gasteiger partial charge in [-0.25, -0.2) is 0 Å².